The number of likely N-dealkylation sites (tertiary alicyclic amines) is 1. The molecule has 0 saturated carbocycles. The highest BCUT2D eigenvalue weighted by atomic mass is 28.3. The summed E-state index contributed by atoms with van der Waals surface area (Å²) in [7, 11) is -0.0218. The van der Waals surface area contributed by atoms with Gasteiger partial charge in [-0.3, -0.25) is 0 Å². The fourth-order valence-electron chi connectivity index (χ4n) is 2.79. The average molecular weight is 241 g/mol. The summed E-state index contributed by atoms with van der Waals surface area (Å²) in [6.45, 7) is 11.6. The molecule has 0 bridgehead atoms. The Labute approximate surface area is 99.5 Å². The molecule has 1 fully saturated rings. The summed E-state index contributed by atoms with van der Waals surface area (Å²) < 4.78 is 4.91. The Hall–Kier alpha value is -0.773. The van der Waals surface area contributed by atoms with Crippen molar-refractivity contribution >= 4 is 14.2 Å². The van der Waals surface area contributed by atoms with Gasteiger partial charge >= 0.3 is 6.09 Å². The van der Waals surface area contributed by atoms with Crippen molar-refractivity contribution in [2.45, 2.75) is 44.1 Å². The molecule has 16 heavy (non-hydrogen) atoms. The molecule has 3 nitrogen and oxygen atoms in total. The number of hydrogen-bond donors (Lipinski definition) is 0. The minimum atomic E-state index is -1.48. The molecule has 0 aromatic heterocycles. The van der Waals surface area contributed by atoms with Crippen molar-refractivity contribution in [2.24, 2.45) is 0 Å². The largest absolute Gasteiger partial charge is 0.453 e. The van der Waals surface area contributed by atoms with Gasteiger partial charge in [0.05, 0.1) is 15.2 Å². The van der Waals surface area contributed by atoms with Crippen molar-refractivity contribution in [3.63, 3.8) is 0 Å². The van der Waals surface area contributed by atoms with E-state index >= 15 is 0 Å². The van der Waals surface area contributed by atoms with Gasteiger partial charge in [-0.1, -0.05) is 25.7 Å². The Bertz CT molecular complexity index is 285. The first kappa shape index (κ1) is 13.3. The third-order valence-corrected chi connectivity index (χ3v) is 7.28. The number of amides is 1. The van der Waals surface area contributed by atoms with E-state index in [4.69, 9.17) is 4.74 Å². The van der Waals surface area contributed by atoms with Gasteiger partial charge in [0.1, 0.15) is 0 Å². The normalized spacial score (nSPS) is 25.6. The summed E-state index contributed by atoms with van der Waals surface area (Å²) in [5.74, 6) is 0. The zero-order valence-electron chi connectivity index (χ0n) is 10.9. The molecule has 0 radical (unpaired) electrons. The van der Waals surface area contributed by atoms with Crippen molar-refractivity contribution in [1.29, 1.82) is 0 Å². The first-order valence-electron chi connectivity index (χ1n) is 5.85. The van der Waals surface area contributed by atoms with E-state index in [1.807, 2.05) is 11.0 Å². The van der Waals surface area contributed by atoms with E-state index in [-0.39, 0.29) is 11.3 Å². The second-order valence-corrected chi connectivity index (χ2v) is 10.9. The average Bonchev–Trinajstić information content (AvgIpc) is 2.61. The number of nitrogens with zero attached hydrogens (tertiary/aromatic N) is 1. The second-order valence-electron chi connectivity index (χ2n) is 5.50. The van der Waals surface area contributed by atoms with Gasteiger partial charge in [-0.15, -0.1) is 6.58 Å². The number of ether oxygens (including phenoxy) is 1. The molecule has 1 unspecified atom stereocenters. The van der Waals surface area contributed by atoms with Crippen LogP contribution in [0.2, 0.25) is 19.6 Å². The van der Waals surface area contributed by atoms with Gasteiger partial charge in [-0.05, 0) is 19.3 Å². The summed E-state index contributed by atoms with van der Waals surface area (Å²) in [6, 6.07) is 0. The molecule has 1 aliphatic heterocycles. The van der Waals surface area contributed by atoms with Crippen molar-refractivity contribution in [3.05, 3.63) is 12.7 Å². The number of carbonyl (C=O) groups is 1. The van der Waals surface area contributed by atoms with Crippen LogP contribution in [0, 0.1) is 0 Å². The summed E-state index contributed by atoms with van der Waals surface area (Å²) >= 11 is 0. The fourth-order valence-corrected chi connectivity index (χ4v) is 5.49. The molecule has 0 aromatic rings. The highest BCUT2D eigenvalue weighted by Crippen LogP contribution is 2.40. The van der Waals surface area contributed by atoms with Gasteiger partial charge < -0.3 is 9.64 Å². The van der Waals surface area contributed by atoms with Crippen LogP contribution in [0.5, 0.6) is 0 Å². The maximum Gasteiger partial charge on any atom is 0.409 e. The van der Waals surface area contributed by atoms with E-state index in [1.165, 1.54) is 7.11 Å². The van der Waals surface area contributed by atoms with Gasteiger partial charge in [0, 0.05) is 11.7 Å². The standard InChI is InChI=1S/C12H23NO2Si/c1-6-8-12(16(3,4)5)9-7-10-13(12)11(14)15-2/h6H,1,7-10H2,2-5H3. The predicted octanol–water partition coefficient (Wildman–Crippen LogP) is 3.04. The predicted molar refractivity (Wildman–Crippen MR) is 69.2 cm³/mol. The van der Waals surface area contributed by atoms with E-state index in [9.17, 15) is 4.79 Å². The van der Waals surface area contributed by atoms with Gasteiger partial charge in [0.2, 0.25) is 0 Å². The van der Waals surface area contributed by atoms with Crippen molar-refractivity contribution < 1.29 is 9.53 Å². The topological polar surface area (TPSA) is 29.5 Å². The minimum absolute atomic E-state index is 0.00183. The third kappa shape index (κ3) is 2.03. The SMILES string of the molecule is C=CCC1([Si](C)(C)C)CCCN1C(=O)OC. The Kier molecular flexibility index (Phi) is 3.83. The van der Waals surface area contributed by atoms with Crippen LogP contribution < -0.4 is 0 Å². The maximum atomic E-state index is 11.8. The van der Waals surface area contributed by atoms with Crippen LogP contribution in [0.4, 0.5) is 4.79 Å². The molecule has 0 spiro atoms. The van der Waals surface area contributed by atoms with Crippen LogP contribution in [-0.2, 0) is 4.74 Å². The number of hydrogen-bond acceptors (Lipinski definition) is 2. The van der Waals surface area contributed by atoms with E-state index in [0.29, 0.717) is 0 Å². The summed E-state index contributed by atoms with van der Waals surface area (Å²) in [5.41, 5.74) is 0. The monoisotopic (exact) mass is 241 g/mol. The van der Waals surface area contributed by atoms with Crippen LogP contribution >= 0.6 is 0 Å². The Morgan fingerprint density at radius 1 is 1.56 bits per heavy atom. The third-order valence-electron chi connectivity index (χ3n) is 3.76. The molecule has 0 aliphatic carbocycles. The number of rotatable bonds is 3. The first-order valence-corrected chi connectivity index (χ1v) is 9.35. The molecule has 92 valence electrons. The van der Waals surface area contributed by atoms with Gasteiger partial charge in [0.15, 0.2) is 0 Å². The zero-order valence-corrected chi connectivity index (χ0v) is 11.9. The lowest BCUT2D eigenvalue weighted by atomic mass is 10.1. The fraction of sp³-hybridized carbons (Fsp3) is 0.750. The number of carbonyl (C=O) groups excluding carboxylic acids is 1. The summed E-state index contributed by atoms with van der Waals surface area (Å²) in [4.78, 5) is 13.8. The van der Waals surface area contributed by atoms with E-state index in [1.54, 1.807) is 0 Å². The second kappa shape index (κ2) is 4.61. The van der Waals surface area contributed by atoms with Gasteiger partial charge in [0.25, 0.3) is 0 Å². The molecular weight excluding hydrogens is 218 g/mol. The summed E-state index contributed by atoms with van der Waals surface area (Å²) in [6.07, 6.45) is 4.82. The lowest BCUT2D eigenvalue weighted by molar-refractivity contribution is 0.108. The lowest BCUT2D eigenvalue weighted by Gasteiger charge is -2.46. The molecule has 1 heterocycles. The molecular formula is C12H23NO2Si. The Balaban J connectivity index is 3.08. The van der Waals surface area contributed by atoms with Crippen molar-refractivity contribution in [1.82, 2.24) is 4.90 Å². The molecule has 1 saturated heterocycles. The highest BCUT2D eigenvalue weighted by Gasteiger charge is 2.51. The smallest absolute Gasteiger partial charge is 0.409 e. The zero-order chi connectivity index (χ0) is 12.4. The number of methoxy groups -OCH3 is 1. The van der Waals surface area contributed by atoms with Crippen LogP contribution in [0.15, 0.2) is 12.7 Å². The van der Waals surface area contributed by atoms with Crippen LogP contribution in [0.3, 0.4) is 0 Å². The van der Waals surface area contributed by atoms with Crippen LogP contribution in [0.1, 0.15) is 19.3 Å². The lowest BCUT2D eigenvalue weighted by Crippen LogP contribution is -2.61. The first-order chi connectivity index (χ1) is 7.39. The highest BCUT2D eigenvalue weighted by molar-refractivity contribution is 6.79. The van der Waals surface area contributed by atoms with E-state index in [0.717, 1.165) is 25.8 Å². The molecule has 0 N–H and O–H groups in total. The van der Waals surface area contributed by atoms with Crippen molar-refractivity contribution in [2.75, 3.05) is 13.7 Å². The molecule has 0 aromatic carbocycles. The molecule has 1 amide bonds. The maximum absolute atomic E-state index is 11.8. The van der Waals surface area contributed by atoms with E-state index in [2.05, 4.69) is 26.2 Å². The molecule has 4 heteroatoms. The van der Waals surface area contributed by atoms with Gasteiger partial charge in [-0.2, -0.15) is 0 Å². The molecule has 1 aliphatic rings. The van der Waals surface area contributed by atoms with Crippen LogP contribution in [0.25, 0.3) is 0 Å². The summed E-state index contributed by atoms with van der Waals surface area (Å²) in [5, 5.41) is 0.00183. The molecule has 1 atom stereocenters. The van der Waals surface area contributed by atoms with Gasteiger partial charge in [-0.25, -0.2) is 4.79 Å². The van der Waals surface area contributed by atoms with Crippen LogP contribution in [-0.4, -0.2) is 37.9 Å². The van der Waals surface area contributed by atoms with Crippen molar-refractivity contribution in [3.8, 4) is 0 Å². The quantitative estimate of drug-likeness (QED) is 0.561. The Morgan fingerprint density at radius 3 is 2.62 bits per heavy atom. The molecule has 1 rings (SSSR count). The Morgan fingerprint density at radius 2 is 2.19 bits per heavy atom. The van der Waals surface area contributed by atoms with E-state index < -0.39 is 8.07 Å². The minimum Gasteiger partial charge on any atom is -0.453 e.